The van der Waals surface area contributed by atoms with Gasteiger partial charge in [0, 0.05) is 0 Å². The summed E-state index contributed by atoms with van der Waals surface area (Å²) in [5, 5.41) is 11.1. The van der Waals surface area contributed by atoms with Crippen LogP contribution in [-0.4, -0.2) is 10.1 Å². The maximum atomic E-state index is 10.1. The molecular formula is C14H25NOS. The van der Waals surface area contributed by atoms with Crippen LogP contribution in [0.15, 0.2) is 0 Å². The Hall–Kier alpha value is -0.410. The van der Waals surface area contributed by atoms with Crippen LogP contribution in [-0.2, 0) is 0 Å². The number of nitrogens with zero attached hydrogens (tertiary/aromatic N) is 1. The highest BCUT2D eigenvalue weighted by molar-refractivity contribution is 7.11. The minimum absolute atomic E-state index is 0.299. The van der Waals surface area contributed by atoms with E-state index in [1.54, 1.807) is 11.3 Å². The molecule has 0 aromatic carbocycles. The fourth-order valence-electron chi connectivity index (χ4n) is 2.11. The Morgan fingerprint density at radius 1 is 1.12 bits per heavy atom. The van der Waals surface area contributed by atoms with E-state index in [1.807, 2.05) is 13.8 Å². The highest BCUT2D eigenvalue weighted by Gasteiger charge is 2.13. The molecule has 1 aromatic rings. The lowest BCUT2D eigenvalue weighted by atomic mass is 10.1. The van der Waals surface area contributed by atoms with Gasteiger partial charge >= 0.3 is 0 Å². The summed E-state index contributed by atoms with van der Waals surface area (Å²) in [5.41, 5.74) is 1.01. The molecule has 1 N–H and O–H groups in total. The van der Waals surface area contributed by atoms with Crippen LogP contribution < -0.4 is 0 Å². The van der Waals surface area contributed by atoms with Crippen molar-refractivity contribution in [3.8, 4) is 0 Å². The van der Waals surface area contributed by atoms with Crippen LogP contribution in [0.3, 0.4) is 0 Å². The van der Waals surface area contributed by atoms with Crippen LogP contribution in [0.2, 0.25) is 0 Å². The minimum Gasteiger partial charge on any atom is -0.388 e. The number of hydrogen-bond acceptors (Lipinski definition) is 3. The van der Waals surface area contributed by atoms with Gasteiger partial charge in [-0.15, -0.1) is 11.3 Å². The Kier molecular flexibility index (Phi) is 6.75. The maximum Gasteiger partial charge on any atom is 0.0901 e. The van der Waals surface area contributed by atoms with E-state index in [0.29, 0.717) is 0 Å². The van der Waals surface area contributed by atoms with Crippen molar-refractivity contribution in [2.75, 3.05) is 0 Å². The summed E-state index contributed by atoms with van der Waals surface area (Å²) >= 11 is 1.63. The van der Waals surface area contributed by atoms with Gasteiger partial charge in [0.25, 0.3) is 0 Å². The highest BCUT2D eigenvalue weighted by Crippen LogP contribution is 2.28. The van der Waals surface area contributed by atoms with Crippen LogP contribution in [0.4, 0.5) is 0 Å². The van der Waals surface area contributed by atoms with E-state index >= 15 is 0 Å². The van der Waals surface area contributed by atoms with Crippen LogP contribution in [0.25, 0.3) is 0 Å². The molecule has 0 amide bonds. The van der Waals surface area contributed by atoms with E-state index in [2.05, 4.69) is 11.9 Å². The van der Waals surface area contributed by atoms with Gasteiger partial charge in [0.15, 0.2) is 0 Å². The quantitative estimate of drug-likeness (QED) is 0.692. The number of aliphatic hydroxyl groups excluding tert-OH is 1. The first-order valence-electron chi connectivity index (χ1n) is 6.77. The van der Waals surface area contributed by atoms with Crippen molar-refractivity contribution in [1.29, 1.82) is 0 Å². The molecule has 2 nitrogen and oxygen atoms in total. The molecule has 1 atom stereocenters. The summed E-state index contributed by atoms with van der Waals surface area (Å²) in [4.78, 5) is 5.43. The lowest BCUT2D eigenvalue weighted by Gasteiger charge is -2.08. The summed E-state index contributed by atoms with van der Waals surface area (Å²) in [5.74, 6) is 0. The highest BCUT2D eigenvalue weighted by atomic mass is 32.1. The minimum atomic E-state index is -0.299. The van der Waals surface area contributed by atoms with Crippen molar-refractivity contribution >= 4 is 11.3 Å². The molecule has 0 saturated heterocycles. The molecule has 1 rings (SSSR count). The van der Waals surface area contributed by atoms with Crippen LogP contribution in [0.5, 0.6) is 0 Å². The van der Waals surface area contributed by atoms with E-state index in [9.17, 15) is 5.11 Å². The lowest BCUT2D eigenvalue weighted by Crippen LogP contribution is -1.97. The average Bonchev–Trinajstić information content (AvgIpc) is 2.62. The van der Waals surface area contributed by atoms with E-state index < -0.39 is 0 Å². The monoisotopic (exact) mass is 255 g/mol. The van der Waals surface area contributed by atoms with Crippen LogP contribution >= 0.6 is 11.3 Å². The first-order chi connectivity index (χ1) is 8.15. The molecule has 0 bridgehead atoms. The zero-order chi connectivity index (χ0) is 12.7. The van der Waals surface area contributed by atoms with Gasteiger partial charge in [0.2, 0.25) is 0 Å². The van der Waals surface area contributed by atoms with Gasteiger partial charge in [-0.05, 0) is 20.3 Å². The second-order valence-corrected chi connectivity index (χ2v) is 5.99. The second-order valence-electron chi connectivity index (χ2n) is 4.75. The molecule has 0 saturated carbocycles. The summed E-state index contributed by atoms with van der Waals surface area (Å²) in [6.07, 6.45) is 8.24. The van der Waals surface area contributed by atoms with E-state index in [-0.39, 0.29) is 6.10 Å². The summed E-state index contributed by atoms with van der Waals surface area (Å²) in [7, 11) is 0. The Labute approximate surface area is 109 Å². The first-order valence-corrected chi connectivity index (χ1v) is 7.58. The van der Waals surface area contributed by atoms with E-state index in [4.69, 9.17) is 0 Å². The predicted octanol–water partition coefficient (Wildman–Crippen LogP) is 4.54. The number of rotatable bonds is 8. The smallest absolute Gasteiger partial charge is 0.0901 e. The number of aryl methyl sites for hydroxylation is 2. The van der Waals surface area contributed by atoms with E-state index in [1.165, 1.54) is 32.1 Å². The SMILES string of the molecule is CCCCCCCCC(O)c1sc(C)nc1C. The molecule has 0 aliphatic rings. The van der Waals surface area contributed by atoms with Crippen molar-refractivity contribution < 1.29 is 5.11 Å². The largest absolute Gasteiger partial charge is 0.388 e. The van der Waals surface area contributed by atoms with Gasteiger partial charge in [-0.25, -0.2) is 4.98 Å². The van der Waals surface area contributed by atoms with Crippen LogP contribution in [0, 0.1) is 13.8 Å². The Morgan fingerprint density at radius 3 is 2.35 bits per heavy atom. The zero-order valence-corrected chi connectivity index (χ0v) is 12.1. The normalized spacial score (nSPS) is 12.9. The number of unbranched alkanes of at least 4 members (excludes halogenated alkanes) is 5. The van der Waals surface area contributed by atoms with Gasteiger partial charge in [-0.3, -0.25) is 0 Å². The fourth-order valence-corrected chi connectivity index (χ4v) is 3.05. The summed E-state index contributed by atoms with van der Waals surface area (Å²) in [6.45, 7) is 6.22. The third-order valence-corrected chi connectivity index (χ3v) is 4.25. The van der Waals surface area contributed by atoms with Gasteiger partial charge in [0.1, 0.15) is 0 Å². The molecule has 0 fully saturated rings. The Morgan fingerprint density at radius 2 is 1.76 bits per heavy atom. The first kappa shape index (κ1) is 14.7. The molecule has 1 aromatic heterocycles. The molecule has 0 spiro atoms. The summed E-state index contributed by atoms with van der Waals surface area (Å²) in [6, 6.07) is 0. The Balaban J connectivity index is 2.21. The van der Waals surface area contributed by atoms with Gasteiger partial charge in [-0.2, -0.15) is 0 Å². The third kappa shape index (κ3) is 5.17. The topological polar surface area (TPSA) is 33.1 Å². The van der Waals surface area contributed by atoms with Crippen molar-refractivity contribution in [2.45, 2.75) is 71.8 Å². The number of thiazole rings is 1. The zero-order valence-electron chi connectivity index (χ0n) is 11.3. The number of aliphatic hydroxyl groups is 1. The second kappa shape index (κ2) is 7.83. The van der Waals surface area contributed by atoms with Crippen molar-refractivity contribution in [3.63, 3.8) is 0 Å². The molecule has 0 aliphatic heterocycles. The van der Waals surface area contributed by atoms with Crippen molar-refractivity contribution in [1.82, 2.24) is 4.98 Å². The molecule has 98 valence electrons. The number of aromatic nitrogens is 1. The standard InChI is InChI=1S/C14H25NOS/c1-4-5-6-7-8-9-10-13(16)14-11(2)15-12(3)17-14/h13,16H,4-10H2,1-3H3. The predicted molar refractivity (Wildman–Crippen MR) is 74.5 cm³/mol. The fraction of sp³-hybridized carbons (Fsp3) is 0.786. The van der Waals surface area contributed by atoms with Gasteiger partial charge < -0.3 is 5.11 Å². The third-order valence-electron chi connectivity index (χ3n) is 3.07. The molecule has 0 aliphatic carbocycles. The van der Waals surface area contributed by atoms with Crippen molar-refractivity contribution in [2.24, 2.45) is 0 Å². The van der Waals surface area contributed by atoms with Crippen molar-refractivity contribution in [3.05, 3.63) is 15.6 Å². The van der Waals surface area contributed by atoms with Gasteiger partial charge in [0.05, 0.1) is 21.7 Å². The molecule has 17 heavy (non-hydrogen) atoms. The van der Waals surface area contributed by atoms with Crippen LogP contribution in [0.1, 0.15) is 73.6 Å². The molecule has 0 radical (unpaired) electrons. The Bertz CT molecular complexity index is 322. The number of hydrogen-bond donors (Lipinski definition) is 1. The molecule has 1 heterocycles. The maximum absolute atomic E-state index is 10.1. The molecule has 3 heteroatoms. The summed E-state index contributed by atoms with van der Waals surface area (Å²) < 4.78 is 0. The van der Waals surface area contributed by atoms with Gasteiger partial charge in [-0.1, -0.05) is 45.4 Å². The lowest BCUT2D eigenvalue weighted by molar-refractivity contribution is 0.166. The average molecular weight is 255 g/mol. The molecular weight excluding hydrogens is 230 g/mol. The molecule has 1 unspecified atom stereocenters. The van der Waals surface area contributed by atoms with E-state index in [0.717, 1.165) is 28.4 Å².